The van der Waals surface area contributed by atoms with Gasteiger partial charge in [0.15, 0.2) is 0 Å². The van der Waals surface area contributed by atoms with Crippen LogP contribution in [0.3, 0.4) is 0 Å². The van der Waals surface area contributed by atoms with E-state index in [0.717, 1.165) is 23.6 Å². The van der Waals surface area contributed by atoms with Crippen molar-refractivity contribution in [3.8, 4) is 5.69 Å². The Bertz CT molecular complexity index is 618. The Morgan fingerprint density at radius 2 is 1.95 bits per heavy atom. The molecule has 0 unspecified atom stereocenters. The lowest BCUT2D eigenvalue weighted by Gasteiger charge is -2.10. The normalized spacial score (nSPS) is 11.3. The number of hydrogen-bond acceptors (Lipinski definition) is 2. The van der Waals surface area contributed by atoms with Crippen molar-refractivity contribution in [2.75, 3.05) is 0 Å². The number of aryl methyl sites for hydroxylation is 1. The Kier molecular flexibility index (Phi) is 4.74. The monoisotopic (exact) mass is 311 g/mol. The molecule has 0 saturated carbocycles. The van der Waals surface area contributed by atoms with Crippen molar-refractivity contribution in [1.29, 1.82) is 0 Å². The van der Waals surface area contributed by atoms with E-state index in [1.165, 1.54) is 5.56 Å². The summed E-state index contributed by atoms with van der Waals surface area (Å²) in [6.45, 7) is 9.14. The molecule has 2 aromatic rings. The highest BCUT2D eigenvalue weighted by Crippen LogP contribution is 2.26. The number of nitrogens with zero attached hydrogens (tertiary/aromatic N) is 2. The van der Waals surface area contributed by atoms with E-state index in [-0.39, 0.29) is 0 Å². The van der Waals surface area contributed by atoms with Gasteiger partial charge in [-0.25, -0.2) is 4.68 Å². The molecule has 0 radical (unpaired) electrons. The van der Waals surface area contributed by atoms with Crippen LogP contribution in [0.5, 0.6) is 0 Å². The first-order valence-corrected chi connectivity index (χ1v) is 7.39. The third-order valence-electron chi connectivity index (χ3n) is 3.27. The quantitative estimate of drug-likeness (QED) is 0.912. The molecule has 5 heteroatoms. The van der Waals surface area contributed by atoms with Crippen molar-refractivity contribution >= 4 is 23.2 Å². The lowest BCUT2D eigenvalue weighted by molar-refractivity contribution is 0.586. The molecule has 20 heavy (non-hydrogen) atoms. The largest absolute Gasteiger partial charge is 0.310 e. The molecule has 1 aromatic heterocycles. The average molecular weight is 312 g/mol. The zero-order chi connectivity index (χ0) is 14.9. The van der Waals surface area contributed by atoms with E-state index in [1.54, 1.807) is 6.07 Å². The summed E-state index contributed by atoms with van der Waals surface area (Å²) in [4.78, 5) is 0. The van der Waals surface area contributed by atoms with Crippen molar-refractivity contribution in [2.45, 2.75) is 40.3 Å². The number of rotatable bonds is 4. The number of nitrogens with one attached hydrogen (secondary N) is 1. The Hall–Kier alpha value is -1.03. The molecular weight excluding hydrogens is 293 g/mol. The molecule has 0 aliphatic heterocycles. The molecule has 0 atom stereocenters. The van der Waals surface area contributed by atoms with Gasteiger partial charge in [-0.1, -0.05) is 37.0 Å². The fourth-order valence-electron chi connectivity index (χ4n) is 2.12. The van der Waals surface area contributed by atoms with E-state index in [9.17, 15) is 0 Å². The van der Waals surface area contributed by atoms with E-state index in [4.69, 9.17) is 23.2 Å². The van der Waals surface area contributed by atoms with Gasteiger partial charge in [-0.2, -0.15) is 5.10 Å². The Balaban J connectivity index is 2.40. The maximum absolute atomic E-state index is 6.26. The summed E-state index contributed by atoms with van der Waals surface area (Å²) < 4.78 is 1.88. The number of benzene rings is 1. The minimum atomic E-state index is 0.441. The van der Waals surface area contributed by atoms with Gasteiger partial charge in [0, 0.05) is 28.9 Å². The highest BCUT2D eigenvalue weighted by molar-refractivity contribution is 6.35. The molecule has 0 bridgehead atoms. The van der Waals surface area contributed by atoms with Crippen molar-refractivity contribution in [1.82, 2.24) is 15.1 Å². The van der Waals surface area contributed by atoms with E-state index in [0.29, 0.717) is 16.1 Å². The van der Waals surface area contributed by atoms with Crippen LogP contribution >= 0.6 is 23.2 Å². The first-order valence-electron chi connectivity index (χ1n) is 6.64. The van der Waals surface area contributed by atoms with Crippen LogP contribution in [0.1, 0.15) is 30.8 Å². The third-order valence-corrected chi connectivity index (χ3v) is 3.80. The van der Waals surface area contributed by atoms with Gasteiger partial charge in [0.1, 0.15) is 0 Å². The van der Waals surface area contributed by atoms with Gasteiger partial charge < -0.3 is 5.32 Å². The van der Waals surface area contributed by atoms with Gasteiger partial charge in [-0.15, -0.1) is 0 Å². The SMILES string of the molecule is Cc1nn(-c2ccc(Cl)cc2Cl)c(C)c1CNC(C)C. The Morgan fingerprint density at radius 3 is 2.55 bits per heavy atom. The van der Waals surface area contributed by atoms with Crippen LogP contribution in [0.15, 0.2) is 18.2 Å². The van der Waals surface area contributed by atoms with Crippen LogP contribution in [-0.4, -0.2) is 15.8 Å². The topological polar surface area (TPSA) is 29.9 Å². The van der Waals surface area contributed by atoms with Crippen LogP contribution < -0.4 is 5.32 Å². The maximum atomic E-state index is 6.26. The zero-order valence-corrected chi connectivity index (χ0v) is 13.7. The van der Waals surface area contributed by atoms with Gasteiger partial charge in [0.05, 0.1) is 16.4 Å². The molecule has 3 nitrogen and oxygen atoms in total. The second kappa shape index (κ2) is 6.17. The zero-order valence-electron chi connectivity index (χ0n) is 12.2. The van der Waals surface area contributed by atoms with Crippen molar-refractivity contribution in [2.24, 2.45) is 0 Å². The summed E-state index contributed by atoms with van der Waals surface area (Å²) in [5.41, 5.74) is 4.18. The highest BCUT2D eigenvalue weighted by atomic mass is 35.5. The molecule has 0 amide bonds. The Morgan fingerprint density at radius 1 is 1.25 bits per heavy atom. The van der Waals surface area contributed by atoms with Crippen molar-refractivity contribution in [3.63, 3.8) is 0 Å². The molecule has 108 valence electrons. The minimum Gasteiger partial charge on any atom is -0.310 e. The average Bonchev–Trinajstić information content (AvgIpc) is 2.62. The van der Waals surface area contributed by atoms with Crippen LogP contribution in [0.25, 0.3) is 5.69 Å². The summed E-state index contributed by atoms with van der Waals surface area (Å²) in [6.07, 6.45) is 0. The van der Waals surface area contributed by atoms with Gasteiger partial charge in [0.2, 0.25) is 0 Å². The molecule has 1 heterocycles. The van der Waals surface area contributed by atoms with Gasteiger partial charge >= 0.3 is 0 Å². The summed E-state index contributed by atoms with van der Waals surface area (Å²) in [5, 5.41) is 9.25. The van der Waals surface area contributed by atoms with E-state index >= 15 is 0 Å². The second-order valence-corrected chi connectivity index (χ2v) is 6.04. The molecule has 0 aliphatic carbocycles. The van der Waals surface area contributed by atoms with E-state index < -0.39 is 0 Å². The summed E-state index contributed by atoms with van der Waals surface area (Å²) in [5.74, 6) is 0. The van der Waals surface area contributed by atoms with Crippen LogP contribution in [0, 0.1) is 13.8 Å². The van der Waals surface area contributed by atoms with E-state index in [1.807, 2.05) is 23.7 Å². The molecule has 1 N–H and O–H groups in total. The van der Waals surface area contributed by atoms with Gasteiger partial charge in [-0.05, 0) is 32.0 Å². The molecule has 0 saturated heterocycles. The van der Waals surface area contributed by atoms with Gasteiger partial charge in [0.25, 0.3) is 0 Å². The van der Waals surface area contributed by atoms with E-state index in [2.05, 4.69) is 31.2 Å². The molecule has 1 aromatic carbocycles. The molecule has 2 rings (SSSR count). The first-order chi connectivity index (χ1) is 9.40. The predicted molar refractivity (Wildman–Crippen MR) is 85.0 cm³/mol. The molecule has 0 fully saturated rings. The third kappa shape index (κ3) is 3.17. The van der Waals surface area contributed by atoms with Crippen molar-refractivity contribution in [3.05, 3.63) is 45.2 Å². The molecular formula is C15H19Cl2N3. The summed E-state index contributed by atoms with van der Waals surface area (Å²) in [7, 11) is 0. The molecule has 0 aliphatic rings. The van der Waals surface area contributed by atoms with Gasteiger partial charge in [-0.3, -0.25) is 0 Å². The van der Waals surface area contributed by atoms with Crippen molar-refractivity contribution < 1.29 is 0 Å². The smallest absolute Gasteiger partial charge is 0.0836 e. The maximum Gasteiger partial charge on any atom is 0.0836 e. The van der Waals surface area contributed by atoms with Crippen LogP contribution in [0.4, 0.5) is 0 Å². The summed E-state index contributed by atoms with van der Waals surface area (Å²) >= 11 is 12.2. The fraction of sp³-hybridized carbons (Fsp3) is 0.400. The van der Waals surface area contributed by atoms with Crippen LogP contribution in [0.2, 0.25) is 10.0 Å². The predicted octanol–water partition coefficient (Wildman–Crippen LogP) is 4.29. The number of halogens is 2. The number of hydrogen-bond donors (Lipinski definition) is 1. The highest BCUT2D eigenvalue weighted by Gasteiger charge is 2.14. The minimum absolute atomic E-state index is 0.441. The summed E-state index contributed by atoms with van der Waals surface area (Å²) in [6, 6.07) is 5.90. The standard InChI is InChI=1S/C15H19Cl2N3/c1-9(2)18-8-13-10(3)19-20(11(13)4)15-6-5-12(16)7-14(15)17/h5-7,9,18H,8H2,1-4H3. The number of aromatic nitrogens is 2. The fourth-order valence-corrected chi connectivity index (χ4v) is 2.61. The van der Waals surface area contributed by atoms with Crippen LogP contribution in [-0.2, 0) is 6.54 Å². The Labute approximate surface area is 129 Å². The lowest BCUT2D eigenvalue weighted by Crippen LogP contribution is -2.22. The molecule has 0 spiro atoms. The first kappa shape index (κ1) is 15.4. The lowest BCUT2D eigenvalue weighted by atomic mass is 10.2. The second-order valence-electron chi connectivity index (χ2n) is 5.19.